The van der Waals surface area contributed by atoms with Gasteiger partial charge in [0.15, 0.2) is 0 Å². The molecule has 1 aliphatic heterocycles. The molecule has 0 radical (unpaired) electrons. The average Bonchev–Trinajstić information content (AvgIpc) is 3.34. The highest BCUT2D eigenvalue weighted by atomic mass is 32.2. The smallest absolute Gasteiger partial charge is 0.270 e. The largest absolute Gasteiger partial charge is 0.360 e. The molecule has 3 aromatic rings. The highest BCUT2D eigenvalue weighted by molar-refractivity contribution is 7.99. The zero-order valence-corrected chi connectivity index (χ0v) is 15.7. The lowest BCUT2D eigenvalue weighted by atomic mass is 10.1. The molecule has 1 fully saturated rings. The van der Waals surface area contributed by atoms with Crippen molar-refractivity contribution in [3.8, 4) is 0 Å². The van der Waals surface area contributed by atoms with E-state index in [4.69, 9.17) is 0 Å². The van der Waals surface area contributed by atoms with Crippen LogP contribution in [-0.2, 0) is 4.79 Å². The number of hydrogen-bond acceptors (Lipinski definition) is 5. The van der Waals surface area contributed by atoms with Gasteiger partial charge in [0.2, 0.25) is 5.91 Å². The molecule has 4 rings (SSSR count). The van der Waals surface area contributed by atoms with Crippen LogP contribution in [0.5, 0.6) is 0 Å². The van der Waals surface area contributed by atoms with Gasteiger partial charge in [-0.3, -0.25) is 19.7 Å². The van der Waals surface area contributed by atoms with Gasteiger partial charge >= 0.3 is 0 Å². The summed E-state index contributed by atoms with van der Waals surface area (Å²) in [5, 5.41) is 14.1. The average molecular weight is 414 g/mol. The first-order valence-electron chi connectivity index (χ1n) is 8.65. The van der Waals surface area contributed by atoms with Crippen molar-refractivity contribution in [1.82, 2.24) is 9.88 Å². The first-order chi connectivity index (χ1) is 13.9. The zero-order valence-electron chi connectivity index (χ0n) is 14.9. The minimum Gasteiger partial charge on any atom is -0.360 e. The van der Waals surface area contributed by atoms with Gasteiger partial charge in [-0.05, 0) is 24.3 Å². The number of carbonyl (C=O) groups is 2. The standard InChI is InChI=1S/C19H15FN4O4S/c20-11-2-1-3-12(6-11)22-18(25)17-9-29-10-23(17)19(26)15-8-21-16-5-4-13(24(27)28)7-14(15)16/h1-8,17,21H,9-10H2,(H,22,25). The molecule has 0 bridgehead atoms. The molecule has 0 aliphatic carbocycles. The predicted molar refractivity (Wildman–Crippen MR) is 107 cm³/mol. The summed E-state index contributed by atoms with van der Waals surface area (Å²) in [5.41, 5.74) is 1.03. The Bertz CT molecular complexity index is 1130. The molecule has 148 valence electrons. The fourth-order valence-electron chi connectivity index (χ4n) is 3.21. The van der Waals surface area contributed by atoms with Gasteiger partial charge in [-0.25, -0.2) is 4.39 Å². The molecule has 2 amide bonds. The summed E-state index contributed by atoms with van der Waals surface area (Å²) in [4.78, 5) is 40.7. The van der Waals surface area contributed by atoms with Gasteiger partial charge in [0.1, 0.15) is 11.9 Å². The zero-order chi connectivity index (χ0) is 20.5. The van der Waals surface area contributed by atoms with Crippen molar-refractivity contribution in [2.24, 2.45) is 0 Å². The van der Waals surface area contributed by atoms with Crippen molar-refractivity contribution in [1.29, 1.82) is 0 Å². The summed E-state index contributed by atoms with van der Waals surface area (Å²) in [6.45, 7) is 0. The van der Waals surface area contributed by atoms with Crippen molar-refractivity contribution < 1.29 is 18.9 Å². The molecule has 1 aromatic heterocycles. The molecule has 0 saturated carbocycles. The maximum absolute atomic E-state index is 13.4. The predicted octanol–water partition coefficient (Wildman–Crippen LogP) is 3.37. The normalized spacial score (nSPS) is 16.2. The molecule has 2 N–H and O–H groups in total. The lowest BCUT2D eigenvalue weighted by Gasteiger charge is -2.23. The van der Waals surface area contributed by atoms with E-state index in [0.717, 1.165) is 0 Å². The Morgan fingerprint density at radius 1 is 1.28 bits per heavy atom. The summed E-state index contributed by atoms with van der Waals surface area (Å²) < 4.78 is 13.4. The number of aromatic amines is 1. The number of hydrogen-bond donors (Lipinski definition) is 2. The summed E-state index contributed by atoms with van der Waals surface area (Å²) in [7, 11) is 0. The summed E-state index contributed by atoms with van der Waals surface area (Å²) >= 11 is 1.42. The molecular weight excluding hydrogens is 399 g/mol. The van der Waals surface area contributed by atoms with E-state index in [9.17, 15) is 24.1 Å². The van der Waals surface area contributed by atoms with Crippen LogP contribution in [0.4, 0.5) is 15.8 Å². The molecule has 1 unspecified atom stereocenters. The summed E-state index contributed by atoms with van der Waals surface area (Å²) in [6.07, 6.45) is 1.49. The number of non-ortho nitro benzene ring substituents is 1. The lowest BCUT2D eigenvalue weighted by molar-refractivity contribution is -0.384. The Morgan fingerprint density at radius 3 is 2.86 bits per heavy atom. The Labute approximate surface area is 168 Å². The van der Waals surface area contributed by atoms with E-state index in [2.05, 4.69) is 10.3 Å². The van der Waals surface area contributed by atoms with Crippen molar-refractivity contribution >= 4 is 45.9 Å². The molecular formula is C19H15FN4O4S. The van der Waals surface area contributed by atoms with E-state index >= 15 is 0 Å². The van der Waals surface area contributed by atoms with Gasteiger partial charge in [0, 0.05) is 40.7 Å². The molecule has 1 aliphatic rings. The van der Waals surface area contributed by atoms with Gasteiger partial charge < -0.3 is 15.2 Å². The lowest BCUT2D eigenvalue weighted by Crippen LogP contribution is -2.44. The summed E-state index contributed by atoms with van der Waals surface area (Å²) in [5.74, 6) is -0.588. The third-order valence-electron chi connectivity index (χ3n) is 4.64. The molecule has 2 heterocycles. The van der Waals surface area contributed by atoms with E-state index in [-0.39, 0.29) is 11.3 Å². The quantitative estimate of drug-likeness (QED) is 0.503. The van der Waals surface area contributed by atoms with E-state index in [0.29, 0.717) is 28.2 Å². The molecule has 1 saturated heterocycles. The molecule has 0 spiro atoms. The topological polar surface area (TPSA) is 108 Å². The van der Waals surface area contributed by atoms with Gasteiger partial charge in [-0.1, -0.05) is 6.07 Å². The number of rotatable bonds is 4. The van der Waals surface area contributed by atoms with Crippen LogP contribution in [0.1, 0.15) is 10.4 Å². The van der Waals surface area contributed by atoms with Crippen LogP contribution < -0.4 is 5.32 Å². The Kier molecular flexibility index (Phi) is 4.93. The van der Waals surface area contributed by atoms with E-state index in [1.807, 2.05) is 0 Å². The van der Waals surface area contributed by atoms with E-state index in [1.165, 1.54) is 59.3 Å². The minimum atomic E-state index is -0.737. The number of carbonyl (C=O) groups excluding carboxylic acids is 2. The number of aromatic nitrogens is 1. The molecule has 10 heteroatoms. The Hall–Kier alpha value is -3.40. The number of fused-ring (bicyclic) bond motifs is 1. The van der Waals surface area contributed by atoms with Crippen molar-refractivity contribution in [3.05, 3.63) is 70.2 Å². The van der Waals surface area contributed by atoms with Gasteiger partial charge in [0.25, 0.3) is 11.6 Å². The number of nitrogens with zero attached hydrogens (tertiary/aromatic N) is 2. The summed E-state index contributed by atoms with van der Waals surface area (Å²) in [6, 6.07) is 9.01. The molecule has 8 nitrogen and oxygen atoms in total. The maximum Gasteiger partial charge on any atom is 0.270 e. The molecule has 1 atom stereocenters. The number of thioether (sulfide) groups is 1. The van der Waals surface area contributed by atoms with Crippen molar-refractivity contribution in [2.75, 3.05) is 16.9 Å². The second kappa shape index (κ2) is 7.55. The third kappa shape index (κ3) is 3.66. The van der Waals surface area contributed by atoms with Gasteiger partial charge in [0.05, 0.1) is 16.4 Å². The van der Waals surface area contributed by atoms with Crippen molar-refractivity contribution in [3.63, 3.8) is 0 Å². The fourth-order valence-corrected chi connectivity index (χ4v) is 4.36. The second-order valence-corrected chi connectivity index (χ2v) is 7.48. The first kappa shape index (κ1) is 18.9. The maximum atomic E-state index is 13.4. The number of nitro benzene ring substituents is 1. The molecule has 29 heavy (non-hydrogen) atoms. The number of anilines is 1. The van der Waals surface area contributed by atoms with Crippen LogP contribution in [0.25, 0.3) is 10.9 Å². The van der Waals surface area contributed by atoms with Gasteiger partial charge in [-0.15, -0.1) is 11.8 Å². The SMILES string of the molecule is O=C(Nc1cccc(F)c1)C1CSCN1C(=O)c1c[nH]c2ccc([N+](=O)[O-])cc12. The number of nitro groups is 1. The number of halogens is 1. The number of benzene rings is 2. The van der Waals surface area contributed by atoms with Crippen LogP contribution in [0, 0.1) is 15.9 Å². The van der Waals surface area contributed by atoms with Crippen molar-refractivity contribution in [2.45, 2.75) is 6.04 Å². The fraction of sp³-hybridized carbons (Fsp3) is 0.158. The van der Waals surface area contributed by atoms with Crippen LogP contribution in [0.2, 0.25) is 0 Å². The highest BCUT2D eigenvalue weighted by Gasteiger charge is 2.36. The number of amides is 2. The van der Waals surface area contributed by atoms with E-state index in [1.54, 1.807) is 6.07 Å². The van der Waals surface area contributed by atoms with Crippen LogP contribution in [-0.4, -0.2) is 44.3 Å². The Balaban J connectivity index is 1.59. The van der Waals surface area contributed by atoms with Crippen LogP contribution in [0.15, 0.2) is 48.7 Å². The molecule has 2 aromatic carbocycles. The highest BCUT2D eigenvalue weighted by Crippen LogP contribution is 2.29. The minimum absolute atomic E-state index is 0.123. The third-order valence-corrected chi connectivity index (χ3v) is 5.66. The van der Waals surface area contributed by atoms with E-state index < -0.39 is 28.6 Å². The van der Waals surface area contributed by atoms with Crippen LogP contribution >= 0.6 is 11.8 Å². The van der Waals surface area contributed by atoms with Gasteiger partial charge in [-0.2, -0.15) is 0 Å². The first-order valence-corrected chi connectivity index (χ1v) is 9.80. The Morgan fingerprint density at radius 2 is 2.10 bits per heavy atom. The number of H-pyrrole nitrogens is 1. The monoisotopic (exact) mass is 414 g/mol. The second-order valence-electron chi connectivity index (χ2n) is 6.48. The van der Waals surface area contributed by atoms with Crippen LogP contribution in [0.3, 0.4) is 0 Å². The number of nitrogens with one attached hydrogen (secondary N) is 2.